The molecule has 1 aromatic heterocycles. The van der Waals surface area contributed by atoms with Crippen LogP contribution in [-0.4, -0.2) is 22.5 Å². The summed E-state index contributed by atoms with van der Waals surface area (Å²) in [5.74, 6) is 1.84. The molecule has 1 atom stereocenters. The fourth-order valence-corrected chi connectivity index (χ4v) is 4.12. The largest absolute Gasteiger partial charge is 0.455 e. The first-order valence-corrected chi connectivity index (χ1v) is 10.8. The zero-order valence-electron chi connectivity index (χ0n) is 16.9. The van der Waals surface area contributed by atoms with E-state index in [1.807, 2.05) is 42.5 Å². The van der Waals surface area contributed by atoms with Crippen molar-refractivity contribution in [2.24, 2.45) is 10.2 Å². The van der Waals surface area contributed by atoms with Gasteiger partial charge < -0.3 is 9.73 Å². The predicted molar refractivity (Wildman–Crippen MR) is 123 cm³/mol. The molecule has 1 unspecified atom stereocenters. The molecule has 2 aromatic carbocycles. The number of furan rings is 1. The maximum atomic E-state index is 12.3. The second kappa shape index (κ2) is 9.13. The summed E-state index contributed by atoms with van der Waals surface area (Å²) in [6.45, 7) is 4.34. The summed E-state index contributed by atoms with van der Waals surface area (Å²) in [7, 11) is 0. The highest BCUT2D eigenvalue weighted by Gasteiger charge is 2.30. The number of nitrogens with zero attached hydrogens (tertiary/aromatic N) is 2. The van der Waals surface area contributed by atoms with Gasteiger partial charge in [0.2, 0.25) is 5.91 Å². The number of carbonyl (C=O) groups is 1. The van der Waals surface area contributed by atoms with Crippen LogP contribution in [0, 0.1) is 0 Å². The highest BCUT2D eigenvalue weighted by atomic mass is 32.2. The van der Waals surface area contributed by atoms with Crippen LogP contribution in [0.25, 0.3) is 11.3 Å². The molecule has 0 spiro atoms. The van der Waals surface area contributed by atoms with Gasteiger partial charge in [-0.25, -0.2) is 0 Å². The Labute approximate surface area is 180 Å². The quantitative estimate of drug-likeness (QED) is 0.441. The van der Waals surface area contributed by atoms with Gasteiger partial charge in [-0.05, 0) is 35.6 Å². The molecular formula is C24H23N3O2S. The van der Waals surface area contributed by atoms with Gasteiger partial charge in [-0.3, -0.25) is 4.79 Å². The molecule has 6 heteroatoms. The number of benzene rings is 2. The van der Waals surface area contributed by atoms with Crippen molar-refractivity contribution in [2.45, 2.75) is 31.4 Å². The van der Waals surface area contributed by atoms with Gasteiger partial charge in [0, 0.05) is 5.56 Å². The fourth-order valence-electron chi connectivity index (χ4n) is 3.16. The number of carbonyl (C=O) groups excluding carboxylic acids is 1. The minimum atomic E-state index is -0.197. The lowest BCUT2D eigenvalue weighted by molar-refractivity contribution is -0.118. The van der Waals surface area contributed by atoms with Crippen molar-refractivity contribution in [1.82, 2.24) is 5.32 Å². The zero-order valence-corrected chi connectivity index (χ0v) is 17.7. The average Bonchev–Trinajstić information content (AvgIpc) is 3.36. The molecule has 1 N–H and O–H groups in total. The Bertz CT molecular complexity index is 1070. The van der Waals surface area contributed by atoms with E-state index >= 15 is 0 Å². The van der Waals surface area contributed by atoms with Crippen LogP contribution in [0.3, 0.4) is 0 Å². The third-order valence-electron chi connectivity index (χ3n) is 4.86. The minimum Gasteiger partial charge on any atom is -0.455 e. The molecule has 0 radical (unpaired) electrons. The number of amidine groups is 1. The second-order valence-corrected chi connectivity index (χ2v) is 8.61. The lowest BCUT2D eigenvalue weighted by Crippen LogP contribution is -2.25. The summed E-state index contributed by atoms with van der Waals surface area (Å²) in [4.78, 5) is 12.3. The Balaban J connectivity index is 1.36. The normalized spacial score (nSPS) is 17.9. The number of hydrogen-bond acceptors (Lipinski definition) is 5. The zero-order chi connectivity index (χ0) is 20.9. The number of hydrogen-bond donors (Lipinski definition) is 1. The number of thioether (sulfide) groups is 1. The van der Waals surface area contributed by atoms with Gasteiger partial charge in [-0.15, -0.1) is 5.10 Å². The maximum Gasteiger partial charge on any atom is 0.239 e. The van der Waals surface area contributed by atoms with Crippen LogP contribution in [0.2, 0.25) is 0 Å². The van der Waals surface area contributed by atoms with Crippen LogP contribution in [0.15, 0.2) is 81.4 Å². The third-order valence-corrected chi connectivity index (χ3v) is 5.93. The van der Waals surface area contributed by atoms with Gasteiger partial charge >= 0.3 is 0 Å². The van der Waals surface area contributed by atoms with E-state index in [4.69, 9.17) is 4.42 Å². The first kappa shape index (κ1) is 20.2. The lowest BCUT2D eigenvalue weighted by atomic mass is 10.0. The molecule has 30 heavy (non-hydrogen) atoms. The van der Waals surface area contributed by atoms with Crippen molar-refractivity contribution < 1.29 is 9.21 Å². The number of rotatable bonds is 6. The molecule has 1 saturated heterocycles. The first-order valence-electron chi connectivity index (χ1n) is 9.91. The highest BCUT2D eigenvalue weighted by molar-refractivity contribution is 8.15. The van der Waals surface area contributed by atoms with Crippen molar-refractivity contribution in [2.75, 3.05) is 0 Å². The van der Waals surface area contributed by atoms with Crippen LogP contribution in [-0.2, 0) is 11.2 Å². The van der Waals surface area contributed by atoms with Crippen LogP contribution in [0.5, 0.6) is 0 Å². The molecule has 0 aliphatic carbocycles. The van der Waals surface area contributed by atoms with E-state index in [-0.39, 0.29) is 11.2 Å². The first-order chi connectivity index (χ1) is 14.6. The molecule has 5 nitrogen and oxygen atoms in total. The molecule has 152 valence electrons. The third kappa shape index (κ3) is 4.89. The van der Waals surface area contributed by atoms with Crippen LogP contribution in [0.4, 0.5) is 0 Å². The summed E-state index contributed by atoms with van der Waals surface area (Å²) < 4.78 is 5.77. The summed E-state index contributed by atoms with van der Waals surface area (Å²) in [5.41, 5.74) is 3.44. The molecule has 4 rings (SSSR count). The van der Waals surface area contributed by atoms with Gasteiger partial charge in [0.25, 0.3) is 0 Å². The molecule has 2 heterocycles. The summed E-state index contributed by atoms with van der Waals surface area (Å²) in [6, 6.07) is 22.1. The van der Waals surface area contributed by atoms with Gasteiger partial charge in [0.1, 0.15) is 11.5 Å². The Morgan fingerprint density at radius 2 is 1.83 bits per heavy atom. The lowest BCUT2D eigenvalue weighted by Gasteiger charge is -2.08. The summed E-state index contributed by atoms with van der Waals surface area (Å²) in [5, 5.41) is 11.3. The molecule has 3 aromatic rings. The molecule has 1 fully saturated rings. The van der Waals surface area contributed by atoms with E-state index in [0.29, 0.717) is 23.3 Å². The molecule has 1 aliphatic rings. The molecule has 1 aliphatic heterocycles. The molecular weight excluding hydrogens is 394 g/mol. The Hall–Kier alpha value is -3.12. The smallest absolute Gasteiger partial charge is 0.239 e. The standard InChI is InChI=1S/C24H23N3O2S/c1-16(2)18-10-8-17(9-11-18)14-22-23(28)26-24(30-22)27-25-15-20-12-13-21(29-20)19-6-4-3-5-7-19/h3-13,15-16,22H,14H2,1-2H3,(H,26,27,28)/b25-15+. The molecule has 0 saturated carbocycles. The molecule has 1 amide bonds. The van der Waals surface area contributed by atoms with Crippen molar-refractivity contribution in [1.29, 1.82) is 0 Å². The highest BCUT2D eigenvalue weighted by Crippen LogP contribution is 2.25. The average molecular weight is 418 g/mol. The summed E-state index contributed by atoms with van der Waals surface area (Å²) >= 11 is 1.41. The predicted octanol–water partition coefficient (Wildman–Crippen LogP) is 5.23. The van der Waals surface area contributed by atoms with Gasteiger partial charge in [-0.1, -0.05) is 80.2 Å². The van der Waals surface area contributed by atoms with Gasteiger partial charge in [-0.2, -0.15) is 5.10 Å². The number of amides is 1. The van der Waals surface area contributed by atoms with Crippen LogP contribution < -0.4 is 5.32 Å². The topological polar surface area (TPSA) is 67.0 Å². The van der Waals surface area contributed by atoms with E-state index in [0.717, 1.165) is 16.9 Å². The Morgan fingerprint density at radius 3 is 2.57 bits per heavy atom. The van der Waals surface area contributed by atoms with Crippen molar-refractivity contribution in [3.8, 4) is 11.3 Å². The Kier molecular flexibility index (Phi) is 6.14. The van der Waals surface area contributed by atoms with Crippen LogP contribution >= 0.6 is 11.8 Å². The van der Waals surface area contributed by atoms with E-state index in [2.05, 4.69) is 53.6 Å². The van der Waals surface area contributed by atoms with E-state index in [1.165, 1.54) is 17.3 Å². The van der Waals surface area contributed by atoms with Crippen molar-refractivity contribution in [3.63, 3.8) is 0 Å². The van der Waals surface area contributed by atoms with Gasteiger partial charge in [0.15, 0.2) is 5.17 Å². The van der Waals surface area contributed by atoms with E-state index in [9.17, 15) is 4.79 Å². The Morgan fingerprint density at radius 1 is 1.07 bits per heavy atom. The van der Waals surface area contributed by atoms with Crippen LogP contribution in [0.1, 0.15) is 36.7 Å². The number of nitrogens with one attached hydrogen (secondary N) is 1. The van der Waals surface area contributed by atoms with Crippen molar-refractivity contribution in [3.05, 3.63) is 83.6 Å². The summed E-state index contributed by atoms with van der Waals surface area (Å²) in [6.07, 6.45) is 2.21. The fraction of sp³-hybridized carbons (Fsp3) is 0.208. The van der Waals surface area contributed by atoms with E-state index < -0.39 is 0 Å². The second-order valence-electron chi connectivity index (χ2n) is 7.41. The minimum absolute atomic E-state index is 0.0359. The van der Waals surface area contributed by atoms with Crippen molar-refractivity contribution >= 4 is 29.1 Å². The maximum absolute atomic E-state index is 12.3. The monoisotopic (exact) mass is 417 g/mol. The van der Waals surface area contributed by atoms with Gasteiger partial charge in [0.05, 0.1) is 11.5 Å². The molecule has 0 bridgehead atoms. The van der Waals surface area contributed by atoms with E-state index in [1.54, 1.807) is 6.21 Å². The SMILES string of the molecule is CC(C)c1ccc(CC2S/C(=N/N=C/c3ccc(-c4ccccc4)o3)NC2=O)cc1.